The van der Waals surface area contributed by atoms with E-state index in [-0.39, 0.29) is 12.0 Å². The summed E-state index contributed by atoms with van der Waals surface area (Å²) in [7, 11) is 0. The van der Waals surface area contributed by atoms with Crippen molar-refractivity contribution in [1.82, 2.24) is 10.6 Å². The molecule has 0 saturated carbocycles. The molecule has 0 aromatic rings. The Hall–Kier alpha value is -0.610. The molecule has 1 atom stereocenters. The van der Waals surface area contributed by atoms with E-state index in [1.54, 1.807) is 6.92 Å². The molecule has 0 aliphatic rings. The van der Waals surface area contributed by atoms with Gasteiger partial charge in [-0.05, 0) is 13.3 Å². The molecule has 14 heavy (non-hydrogen) atoms. The van der Waals surface area contributed by atoms with Crippen molar-refractivity contribution in [2.45, 2.75) is 45.8 Å². The highest BCUT2D eigenvalue weighted by atomic mass is 16.3. The molecule has 0 radical (unpaired) electrons. The molecule has 0 saturated heterocycles. The third-order valence-corrected chi connectivity index (χ3v) is 1.79. The topological polar surface area (TPSA) is 61.4 Å². The van der Waals surface area contributed by atoms with E-state index in [1.807, 2.05) is 13.8 Å². The summed E-state index contributed by atoms with van der Waals surface area (Å²) in [5, 5.41) is 14.9. The largest absolute Gasteiger partial charge is 0.393 e. The molecule has 0 aliphatic carbocycles. The number of rotatable bonds is 7. The number of carbonyl (C=O) groups excluding carboxylic acids is 1. The first-order valence-corrected chi connectivity index (χ1v) is 5.20. The van der Waals surface area contributed by atoms with Crippen molar-refractivity contribution in [3.05, 3.63) is 0 Å². The minimum absolute atomic E-state index is 0.0406. The van der Waals surface area contributed by atoms with Crippen LogP contribution in [-0.4, -0.2) is 36.2 Å². The van der Waals surface area contributed by atoms with E-state index in [2.05, 4.69) is 10.6 Å². The predicted molar refractivity (Wildman–Crippen MR) is 57.1 cm³/mol. The van der Waals surface area contributed by atoms with E-state index in [0.717, 1.165) is 0 Å². The molecule has 1 amide bonds. The molecule has 0 bridgehead atoms. The predicted octanol–water partition coefficient (Wildman–Crippen LogP) is 0.262. The van der Waals surface area contributed by atoms with Gasteiger partial charge in [-0.25, -0.2) is 0 Å². The van der Waals surface area contributed by atoms with Gasteiger partial charge >= 0.3 is 0 Å². The van der Waals surface area contributed by atoms with Crippen molar-refractivity contribution < 1.29 is 9.90 Å². The van der Waals surface area contributed by atoms with Gasteiger partial charge in [0.25, 0.3) is 0 Å². The van der Waals surface area contributed by atoms with Crippen LogP contribution in [0.25, 0.3) is 0 Å². The van der Waals surface area contributed by atoms with Crippen LogP contribution in [-0.2, 0) is 4.79 Å². The number of carbonyl (C=O) groups is 1. The average molecular weight is 202 g/mol. The van der Waals surface area contributed by atoms with E-state index < -0.39 is 0 Å². The summed E-state index contributed by atoms with van der Waals surface area (Å²) >= 11 is 0. The zero-order valence-electron chi connectivity index (χ0n) is 9.34. The van der Waals surface area contributed by atoms with Crippen LogP contribution in [0.5, 0.6) is 0 Å². The van der Waals surface area contributed by atoms with E-state index >= 15 is 0 Å². The van der Waals surface area contributed by atoms with Gasteiger partial charge in [-0.15, -0.1) is 0 Å². The molecular formula is C10H22N2O2. The van der Waals surface area contributed by atoms with Crippen molar-refractivity contribution in [2.24, 2.45) is 0 Å². The lowest BCUT2D eigenvalue weighted by molar-refractivity contribution is -0.121. The van der Waals surface area contributed by atoms with Gasteiger partial charge in [0.05, 0.1) is 6.10 Å². The Morgan fingerprint density at radius 3 is 2.43 bits per heavy atom. The van der Waals surface area contributed by atoms with Crippen LogP contribution < -0.4 is 10.6 Å². The molecule has 4 heteroatoms. The summed E-state index contributed by atoms with van der Waals surface area (Å²) in [6.45, 7) is 7.07. The molecule has 0 aromatic carbocycles. The van der Waals surface area contributed by atoms with Crippen molar-refractivity contribution in [3.8, 4) is 0 Å². The first kappa shape index (κ1) is 13.4. The van der Waals surface area contributed by atoms with Crippen molar-refractivity contribution in [3.63, 3.8) is 0 Å². The van der Waals surface area contributed by atoms with Crippen LogP contribution in [0.4, 0.5) is 0 Å². The number of hydrogen-bond donors (Lipinski definition) is 3. The molecule has 0 aromatic heterocycles. The second-order valence-corrected chi connectivity index (χ2v) is 3.85. The molecule has 0 spiro atoms. The van der Waals surface area contributed by atoms with Crippen LogP contribution in [0.1, 0.15) is 33.6 Å². The molecule has 3 N–H and O–H groups in total. The van der Waals surface area contributed by atoms with Gasteiger partial charge in [0.2, 0.25) is 5.91 Å². The first-order valence-electron chi connectivity index (χ1n) is 5.20. The quantitative estimate of drug-likeness (QED) is 0.555. The van der Waals surface area contributed by atoms with Crippen LogP contribution in [0.15, 0.2) is 0 Å². The van der Waals surface area contributed by atoms with E-state index in [4.69, 9.17) is 5.11 Å². The third-order valence-electron chi connectivity index (χ3n) is 1.79. The fourth-order valence-corrected chi connectivity index (χ4v) is 0.983. The number of nitrogens with one attached hydrogen (secondary N) is 2. The van der Waals surface area contributed by atoms with Crippen molar-refractivity contribution >= 4 is 5.91 Å². The highest BCUT2D eigenvalue weighted by molar-refractivity contribution is 5.75. The Kier molecular flexibility index (Phi) is 7.42. The summed E-state index contributed by atoms with van der Waals surface area (Å²) in [5.74, 6) is 0.0406. The second kappa shape index (κ2) is 7.76. The smallest absolute Gasteiger partial charge is 0.221 e. The highest BCUT2D eigenvalue weighted by Gasteiger charge is 2.01. The molecule has 0 rings (SSSR count). The first-order chi connectivity index (χ1) is 6.52. The van der Waals surface area contributed by atoms with Gasteiger partial charge in [-0.3, -0.25) is 4.79 Å². The summed E-state index contributed by atoms with van der Waals surface area (Å²) in [6, 6.07) is 0.417. The maximum atomic E-state index is 11.2. The van der Waals surface area contributed by atoms with Crippen LogP contribution in [0.2, 0.25) is 0 Å². The lowest BCUT2D eigenvalue weighted by atomic mass is 10.3. The van der Waals surface area contributed by atoms with E-state index in [9.17, 15) is 4.79 Å². The van der Waals surface area contributed by atoms with Crippen molar-refractivity contribution in [1.29, 1.82) is 0 Å². The van der Waals surface area contributed by atoms with Crippen LogP contribution in [0.3, 0.4) is 0 Å². The minimum Gasteiger partial charge on any atom is -0.393 e. The molecule has 1 unspecified atom stereocenters. The van der Waals surface area contributed by atoms with E-state index in [0.29, 0.717) is 32.0 Å². The van der Waals surface area contributed by atoms with Crippen LogP contribution >= 0.6 is 0 Å². The Bertz CT molecular complexity index is 142. The number of aliphatic hydroxyl groups is 1. The van der Waals surface area contributed by atoms with Gasteiger partial charge in [0.1, 0.15) is 0 Å². The Labute approximate surface area is 86.1 Å². The molecule has 0 fully saturated rings. The Morgan fingerprint density at radius 2 is 1.93 bits per heavy atom. The zero-order chi connectivity index (χ0) is 11.0. The van der Waals surface area contributed by atoms with Gasteiger partial charge in [0, 0.05) is 25.6 Å². The Morgan fingerprint density at radius 1 is 1.29 bits per heavy atom. The maximum Gasteiger partial charge on any atom is 0.221 e. The highest BCUT2D eigenvalue weighted by Crippen LogP contribution is 1.87. The monoisotopic (exact) mass is 202 g/mol. The number of amides is 1. The lowest BCUT2D eigenvalue weighted by Gasteiger charge is -2.09. The average Bonchev–Trinajstić information content (AvgIpc) is 2.02. The summed E-state index contributed by atoms with van der Waals surface area (Å²) < 4.78 is 0. The SMILES string of the molecule is CC(O)CCNC(=O)CCNC(C)C. The molecule has 0 heterocycles. The molecule has 0 aliphatic heterocycles. The Balaban J connectivity index is 3.28. The van der Waals surface area contributed by atoms with Gasteiger partial charge in [-0.2, -0.15) is 0 Å². The number of hydrogen-bond acceptors (Lipinski definition) is 3. The minimum atomic E-state index is -0.343. The normalized spacial score (nSPS) is 12.9. The molecule has 4 nitrogen and oxygen atoms in total. The molecular weight excluding hydrogens is 180 g/mol. The van der Waals surface area contributed by atoms with Crippen molar-refractivity contribution in [2.75, 3.05) is 13.1 Å². The zero-order valence-corrected chi connectivity index (χ0v) is 9.34. The fourth-order valence-electron chi connectivity index (χ4n) is 0.983. The summed E-state index contributed by atoms with van der Waals surface area (Å²) in [5.41, 5.74) is 0. The maximum absolute atomic E-state index is 11.2. The summed E-state index contributed by atoms with van der Waals surface area (Å²) in [4.78, 5) is 11.2. The number of aliphatic hydroxyl groups excluding tert-OH is 1. The summed E-state index contributed by atoms with van der Waals surface area (Å²) in [6.07, 6.45) is 0.769. The third kappa shape index (κ3) is 9.48. The van der Waals surface area contributed by atoms with Crippen LogP contribution in [0, 0.1) is 0 Å². The fraction of sp³-hybridized carbons (Fsp3) is 0.900. The van der Waals surface area contributed by atoms with Gasteiger partial charge in [-0.1, -0.05) is 13.8 Å². The van der Waals surface area contributed by atoms with Gasteiger partial charge < -0.3 is 15.7 Å². The second-order valence-electron chi connectivity index (χ2n) is 3.85. The molecule has 84 valence electrons. The standard InChI is InChI=1S/C10H22N2O2/c1-8(2)11-7-5-10(14)12-6-4-9(3)13/h8-9,11,13H,4-7H2,1-3H3,(H,12,14). The van der Waals surface area contributed by atoms with E-state index in [1.165, 1.54) is 0 Å². The van der Waals surface area contributed by atoms with Gasteiger partial charge in [0.15, 0.2) is 0 Å². The lowest BCUT2D eigenvalue weighted by Crippen LogP contribution is -2.31.